The number of carbonyl (C=O) groups is 1. The fourth-order valence-corrected chi connectivity index (χ4v) is 3.49. The largest absolute Gasteiger partial charge is 0.305 e. The van der Waals surface area contributed by atoms with Crippen LogP contribution in [0.4, 0.5) is 5.69 Å². The van der Waals surface area contributed by atoms with Crippen molar-refractivity contribution < 1.29 is 4.79 Å². The minimum Gasteiger partial charge on any atom is -0.305 e. The molecule has 22 heavy (non-hydrogen) atoms. The number of benzene rings is 1. The van der Waals surface area contributed by atoms with Gasteiger partial charge in [0, 0.05) is 11.9 Å². The van der Waals surface area contributed by atoms with Gasteiger partial charge in [0.1, 0.15) is 10.0 Å². The van der Waals surface area contributed by atoms with E-state index in [0.717, 1.165) is 39.7 Å². The van der Waals surface area contributed by atoms with Crippen LogP contribution in [0.25, 0.3) is 0 Å². The number of halogens is 1. The number of carbonyl (C=O) groups excluding carboxylic acids is 1. The van der Waals surface area contributed by atoms with Crippen molar-refractivity contribution >= 4 is 34.5 Å². The number of anilines is 1. The highest BCUT2D eigenvalue weighted by Gasteiger charge is 2.21. The van der Waals surface area contributed by atoms with Crippen LogP contribution < -0.4 is 4.90 Å². The third kappa shape index (κ3) is 3.47. The maximum absolute atomic E-state index is 12.2. The quantitative estimate of drug-likeness (QED) is 0.822. The molecule has 1 amide bonds. The molecule has 0 N–H and O–H groups in total. The van der Waals surface area contributed by atoms with E-state index in [0.29, 0.717) is 11.6 Å². The summed E-state index contributed by atoms with van der Waals surface area (Å²) in [6.07, 6.45) is 1.62. The molecule has 0 saturated heterocycles. The molecule has 0 saturated carbocycles. The van der Waals surface area contributed by atoms with Gasteiger partial charge in [-0.3, -0.25) is 4.79 Å². The lowest BCUT2D eigenvalue weighted by Gasteiger charge is -2.26. The molecule has 0 radical (unpaired) electrons. The van der Waals surface area contributed by atoms with Crippen LogP contribution in [-0.4, -0.2) is 16.1 Å². The molecule has 1 heterocycles. The number of rotatable bonds is 5. The van der Waals surface area contributed by atoms with Crippen molar-refractivity contribution in [3.63, 3.8) is 0 Å². The predicted octanol–water partition coefficient (Wildman–Crippen LogP) is 4.18. The highest BCUT2D eigenvalue weighted by atomic mass is 35.5. The van der Waals surface area contributed by atoms with Gasteiger partial charge in [-0.25, -0.2) is 0 Å². The van der Waals surface area contributed by atoms with Gasteiger partial charge in [0.05, 0.1) is 12.2 Å². The fraction of sp³-hybridized carbons (Fsp3) is 0.438. The zero-order valence-electron chi connectivity index (χ0n) is 13.3. The van der Waals surface area contributed by atoms with E-state index in [1.165, 1.54) is 11.3 Å². The van der Waals surface area contributed by atoms with Crippen molar-refractivity contribution in [2.75, 3.05) is 4.90 Å². The van der Waals surface area contributed by atoms with Gasteiger partial charge >= 0.3 is 0 Å². The first-order valence-electron chi connectivity index (χ1n) is 7.35. The van der Waals surface area contributed by atoms with Crippen LogP contribution in [0.1, 0.15) is 41.9 Å². The van der Waals surface area contributed by atoms with Gasteiger partial charge in [0.15, 0.2) is 0 Å². The van der Waals surface area contributed by atoms with Crippen LogP contribution in [-0.2, 0) is 24.2 Å². The molecule has 0 unspecified atom stereocenters. The topological polar surface area (TPSA) is 46.1 Å². The number of hydrogen-bond acceptors (Lipinski definition) is 4. The Labute approximate surface area is 140 Å². The molecule has 0 aliphatic heterocycles. The van der Waals surface area contributed by atoms with Gasteiger partial charge in [-0.2, -0.15) is 0 Å². The summed E-state index contributed by atoms with van der Waals surface area (Å²) in [6.45, 7) is 8.06. The molecule has 0 aliphatic rings. The van der Waals surface area contributed by atoms with Gasteiger partial charge in [-0.15, -0.1) is 10.2 Å². The lowest BCUT2D eigenvalue weighted by Crippen LogP contribution is -2.30. The van der Waals surface area contributed by atoms with Gasteiger partial charge in [-0.05, 0) is 37.0 Å². The fourth-order valence-electron chi connectivity index (χ4n) is 2.50. The Hall–Kier alpha value is -1.46. The first-order valence-corrected chi connectivity index (χ1v) is 8.54. The third-order valence-electron chi connectivity index (χ3n) is 3.55. The smallest absolute Gasteiger partial charge is 0.224 e. The molecule has 0 fully saturated rings. The molecule has 0 bridgehead atoms. The van der Waals surface area contributed by atoms with Crippen LogP contribution >= 0.6 is 22.9 Å². The summed E-state index contributed by atoms with van der Waals surface area (Å²) in [5.74, 6) is -0.0143. The normalized spacial score (nSPS) is 10.8. The van der Waals surface area contributed by atoms with Crippen LogP contribution in [0.15, 0.2) is 12.1 Å². The number of aromatic nitrogens is 2. The second-order valence-electron chi connectivity index (χ2n) is 5.06. The first-order chi connectivity index (χ1) is 10.5. The van der Waals surface area contributed by atoms with Crippen LogP contribution in [0.2, 0.25) is 5.02 Å². The highest BCUT2D eigenvalue weighted by Crippen LogP contribution is 2.34. The Balaban J connectivity index is 2.52. The zero-order valence-corrected chi connectivity index (χ0v) is 14.9. The van der Waals surface area contributed by atoms with Crippen LogP contribution in [0.3, 0.4) is 0 Å². The molecular formula is C16H20ClN3OS. The van der Waals surface area contributed by atoms with Crippen molar-refractivity contribution in [2.45, 2.75) is 47.1 Å². The molecular weight excluding hydrogens is 318 g/mol. The molecule has 0 aliphatic carbocycles. The second kappa shape index (κ2) is 7.20. The Kier molecular flexibility index (Phi) is 5.53. The van der Waals surface area contributed by atoms with Crippen LogP contribution in [0, 0.1) is 6.92 Å². The van der Waals surface area contributed by atoms with E-state index in [1.807, 2.05) is 19.1 Å². The molecule has 0 atom stereocenters. The number of nitrogens with zero attached hydrogens (tertiary/aromatic N) is 3. The van der Waals surface area contributed by atoms with Crippen LogP contribution in [0.5, 0.6) is 0 Å². The lowest BCUT2D eigenvalue weighted by molar-refractivity contribution is -0.116. The summed E-state index contributed by atoms with van der Waals surface area (Å²) in [7, 11) is 0. The number of aryl methyl sites for hydroxylation is 2. The average molecular weight is 338 g/mol. The molecule has 1 aromatic carbocycles. The maximum Gasteiger partial charge on any atom is 0.224 e. The van der Waals surface area contributed by atoms with Gasteiger partial charge < -0.3 is 4.90 Å². The standard InChI is InChI=1S/C16H20ClN3OS/c1-5-12-7-8-14(17)13(6-2)16(12)20(11(4)21)9-15-19-18-10(3)22-15/h7-8H,5-6,9H2,1-4H3. The van der Waals surface area contributed by atoms with Gasteiger partial charge in [-0.1, -0.05) is 42.9 Å². The van der Waals surface area contributed by atoms with E-state index in [4.69, 9.17) is 11.6 Å². The monoisotopic (exact) mass is 337 g/mol. The number of hydrogen-bond donors (Lipinski definition) is 0. The van der Waals surface area contributed by atoms with E-state index in [-0.39, 0.29) is 5.91 Å². The van der Waals surface area contributed by atoms with E-state index < -0.39 is 0 Å². The first kappa shape index (κ1) is 16.9. The molecule has 4 nitrogen and oxygen atoms in total. The summed E-state index contributed by atoms with van der Waals surface area (Å²) < 4.78 is 0. The van der Waals surface area contributed by atoms with Gasteiger partial charge in [0.2, 0.25) is 5.91 Å². The molecule has 118 valence electrons. The van der Waals surface area contributed by atoms with Crippen molar-refractivity contribution in [3.8, 4) is 0 Å². The third-order valence-corrected chi connectivity index (χ3v) is 4.73. The molecule has 1 aromatic heterocycles. The van der Waals surface area contributed by atoms with E-state index in [2.05, 4.69) is 24.0 Å². The molecule has 6 heteroatoms. The Morgan fingerprint density at radius 1 is 1.27 bits per heavy atom. The number of amides is 1. The van der Waals surface area contributed by atoms with Crippen molar-refractivity contribution in [2.24, 2.45) is 0 Å². The predicted molar refractivity (Wildman–Crippen MR) is 91.7 cm³/mol. The Morgan fingerprint density at radius 3 is 2.50 bits per heavy atom. The van der Waals surface area contributed by atoms with E-state index in [1.54, 1.807) is 11.8 Å². The summed E-state index contributed by atoms with van der Waals surface area (Å²) in [6, 6.07) is 3.91. The molecule has 0 spiro atoms. The zero-order chi connectivity index (χ0) is 16.3. The summed E-state index contributed by atoms with van der Waals surface area (Å²) in [5, 5.41) is 10.6. The summed E-state index contributed by atoms with van der Waals surface area (Å²) >= 11 is 7.86. The van der Waals surface area contributed by atoms with Crippen molar-refractivity contribution in [1.29, 1.82) is 0 Å². The minimum atomic E-state index is -0.0143. The van der Waals surface area contributed by atoms with E-state index >= 15 is 0 Å². The maximum atomic E-state index is 12.2. The van der Waals surface area contributed by atoms with Crippen molar-refractivity contribution in [3.05, 3.63) is 38.3 Å². The summed E-state index contributed by atoms with van der Waals surface area (Å²) in [4.78, 5) is 14.0. The molecule has 2 rings (SSSR count). The Morgan fingerprint density at radius 2 is 2.00 bits per heavy atom. The Bertz CT molecular complexity index is 684. The second-order valence-corrected chi connectivity index (χ2v) is 6.73. The average Bonchev–Trinajstić information content (AvgIpc) is 2.89. The SMILES string of the molecule is CCc1ccc(Cl)c(CC)c1N(Cc1nnc(C)s1)C(C)=O. The van der Waals surface area contributed by atoms with Gasteiger partial charge in [0.25, 0.3) is 0 Å². The van der Waals surface area contributed by atoms with E-state index in [9.17, 15) is 4.79 Å². The minimum absolute atomic E-state index is 0.0143. The lowest BCUT2D eigenvalue weighted by atomic mass is 10.0. The molecule has 2 aromatic rings. The summed E-state index contributed by atoms with van der Waals surface area (Å²) in [5.41, 5.74) is 3.06. The highest BCUT2D eigenvalue weighted by molar-refractivity contribution is 7.11. The van der Waals surface area contributed by atoms with Crippen molar-refractivity contribution in [1.82, 2.24) is 10.2 Å².